The van der Waals surface area contributed by atoms with E-state index in [4.69, 9.17) is 0 Å². The largest absolute Gasteiger partial charge is 0.469 e. The standard InChI is InChI=1S/C23H40O5/c1-5-6-9-12-17(24)15-16-19-18(21(26)23(2,3)22(19)27)13-10-7-8-11-14-20(25)28-4/h7,10,17-19,22,24,27H,5-6,8-9,11-16H2,1-4H3/b10-7-/t17-,18+,19+,22-/m0/s1. The van der Waals surface area contributed by atoms with E-state index in [9.17, 15) is 19.8 Å². The number of ketones is 1. The first-order valence-electron chi connectivity index (χ1n) is 10.9. The molecular formula is C23H40O5. The molecule has 0 amide bonds. The first-order valence-corrected chi connectivity index (χ1v) is 10.9. The van der Waals surface area contributed by atoms with Gasteiger partial charge in [-0.1, -0.05) is 52.2 Å². The van der Waals surface area contributed by atoms with E-state index < -0.39 is 11.5 Å². The van der Waals surface area contributed by atoms with Crippen LogP contribution in [-0.4, -0.2) is 41.3 Å². The summed E-state index contributed by atoms with van der Waals surface area (Å²) in [5, 5.41) is 21.0. The van der Waals surface area contributed by atoms with Gasteiger partial charge in [-0.3, -0.25) is 9.59 Å². The lowest BCUT2D eigenvalue weighted by atomic mass is 9.85. The molecule has 1 rings (SSSR count). The fourth-order valence-corrected chi connectivity index (χ4v) is 4.20. The molecule has 0 unspecified atom stereocenters. The minimum atomic E-state index is -0.735. The van der Waals surface area contributed by atoms with E-state index in [-0.39, 0.29) is 29.7 Å². The molecule has 2 N–H and O–H groups in total. The second kappa shape index (κ2) is 12.4. The van der Waals surface area contributed by atoms with Crippen LogP contribution < -0.4 is 0 Å². The minimum absolute atomic E-state index is 0.108. The van der Waals surface area contributed by atoms with Crippen LogP contribution in [0.4, 0.5) is 0 Å². The number of methoxy groups -OCH3 is 1. The summed E-state index contributed by atoms with van der Waals surface area (Å²) in [6, 6.07) is 0. The Morgan fingerprint density at radius 3 is 2.57 bits per heavy atom. The number of unbranched alkanes of at least 4 members (excludes halogenated alkanes) is 3. The lowest BCUT2D eigenvalue weighted by Gasteiger charge is -2.25. The van der Waals surface area contributed by atoms with Crippen molar-refractivity contribution in [1.82, 2.24) is 0 Å². The summed E-state index contributed by atoms with van der Waals surface area (Å²) in [6.07, 6.45) is 10.8. The molecule has 1 aliphatic carbocycles. The molecule has 5 heteroatoms. The zero-order valence-electron chi connectivity index (χ0n) is 18.2. The van der Waals surface area contributed by atoms with Gasteiger partial charge in [0.15, 0.2) is 0 Å². The Kier molecular flexibility index (Phi) is 11.0. The molecule has 0 saturated heterocycles. The molecule has 0 aromatic heterocycles. The second-order valence-electron chi connectivity index (χ2n) is 8.70. The maximum Gasteiger partial charge on any atom is 0.305 e. The average molecular weight is 397 g/mol. The molecule has 4 atom stereocenters. The summed E-state index contributed by atoms with van der Waals surface area (Å²) in [7, 11) is 1.39. The molecule has 0 aromatic carbocycles. The predicted molar refractivity (Wildman–Crippen MR) is 111 cm³/mol. The summed E-state index contributed by atoms with van der Waals surface area (Å²) in [5.41, 5.74) is -0.735. The van der Waals surface area contributed by atoms with Crippen molar-refractivity contribution >= 4 is 11.8 Å². The molecule has 0 radical (unpaired) electrons. The quantitative estimate of drug-likeness (QED) is 0.277. The summed E-state index contributed by atoms with van der Waals surface area (Å²) in [6.45, 7) is 5.79. The fourth-order valence-electron chi connectivity index (χ4n) is 4.20. The Balaban J connectivity index is 2.56. The highest BCUT2D eigenvalue weighted by Gasteiger charge is 2.53. The van der Waals surface area contributed by atoms with E-state index in [1.54, 1.807) is 0 Å². The number of rotatable bonds is 13. The lowest BCUT2D eigenvalue weighted by molar-refractivity contribution is -0.140. The third kappa shape index (κ3) is 7.32. The summed E-state index contributed by atoms with van der Waals surface area (Å²) < 4.78 is 4.62. The number of hydrogen-bond acceptors (Lipinski definition) is 5. The first-order chi connectivity index (χ1) is 13.3. The summed E-state index contributed by atoms with van der Waals surface area (Å²) in [5.74, 6) is -0.403. The normalized spacial score (nSPS) is 25.4. The summed E-state index contributed by atoms with van der Waals surface area (Å²) in [4.78, 5) is 24.0. The third-order valence-corrected chi connectivity index (χ3v) is 6.14. The number of allylic oxidation sites excluding steroid dienone is 2. The highest BCUT2D eigenvalue weighted by atomic mass is 16.5. The Morgan fingerprint density at radius 2 is 1.93 bits per heavy atom. The molecular weight excluding hydrogens is 356 g/mol. The van der Waals surface area contributed by atoms with Crippen molar-refractivity contribution in [1.29, 1.82) is 0 Å². The molecule has 1 saturated carbocycles. The molecule has 0 spiro atoms. The molecule has 162 valence electrons. The van der Waals surface area contributed by atoms with Crippen molar-refractivity contribution in [3.8, 4) is 0 Å². The maximum atomic E-state index is 12.8. The number of ether oxygens (including phenoxy) is 1. The van der Waals surface area contributed by atoms with Gasteiger partial charge in [-0.15, -0.1) is 0 Å². The van der Waals surface area contributed by atoms with Crippen molar-refractivity contribution in [2.24, 2.45) is 17.3 Å². The number of carbonyl (C=O) groups excluding carboxylic acids is 2. The van der Waals surface area contributed by atoms with Crippen LogP contribution in [0.25, 0.3) is 0 Å². The van der Waals surface area contributed by atoms with Crippen LogP contribution in [0.1, 0.15) is 85.0 Å². The van der Waals surface area contributed by atoms with Gasteiger partial charge in [-0.25, -0.2) is 0 Å². The smallest absolute Gasteiger partial charge is 0.305 e. The minimum Gasteiger partial charge on any atom is -0.469 e. The zero-order chi connectivity index (χ0) is 21.2. The number of esters is 1. The van der Waals surface area contributed by atoms with E-state index in [0.29, 0.717) is 25.7 Å². The number of carbonyl (C=O) groups is 2. The van der Waals surface area contributed by atoms with Gasteiger partial charge in [0.05, 0.1) is 19.3 Å². The molecule has 1 fully saturated rings. The molecule has 5 nitrogen and oxygen atoms in total. The van der Waals surface area contributed by atoms with Gasteiger partial charge in [0.25, 0.3) is 0 Å². The van der Waals surface area contributed by atoms with Crippen LogP contribution in [0.2, 0.25) is 0 Å². The van der Waals surface area contributed by atoms with Crippen molar-refractivity contribution in [3.05, 3.63) is 12.2 Å². The number of aliphatic hydroxyl groups excluding tert-OH is 2. The van der Waals surface area contributed by atoms with E-state index >= 15 is 0 Å². The van der Waals surface area contributed by atoms with Gasteiger partial charge in [0, 0.05) is 17.8 Å². The van der Waals surface area contributed by atoms with Gasteiger partial charge in [-0.2, -0.15) is 0 Å². The molecule has 1 aliphatic rings. The molecule has 0 heterocycles. The summed E-state index contributed by atoms with van der Waals surface area (Å²) >= 11 is 0. The Bertz CT molecular complexity index is 511. The van der Waals surface area contributed by atoms with Gasteiger partial charge in [0.1, 0.15) is 5.78 Å². The van der Waals surface area contributed by atoms with Crippen molar-refractivity contribution in [2.75, 3.05) is 7.11 Å². The fraction of sp³-hybridized carbons (Fsp3) is 0.826. The van der Waals surface area contributed by atoms with E-state index in [1.165, 1.54) is 7.11 Å². The van der Waals surface area contributed by atoms with Crippen LogP contribution in [-0.2, 0) is 14.3 Å². The number of aliphatic hydroxyl groups is 2. The molecule has 0 aromatic rings. The van der Waals surface area contributed by atoms with Gasteiger partial charge < -0.3 is 14.9 Å². The highest BCUT2D eigenvalue weighted by molar-refractivity contribution is 5.90. The topological polar surface area (TPSA) is 83.8 Å². The van der Waals surface area contributed by atoms with Gasteiger partial charge in [0.2, 0.25) is 0 Å². The van der Waals surface area contributed by atoms with Gasteiger partial charge >= 0.3 is 5.97 Å². The number of Topliss-reactive ketones (excluding diaryl/α,β-unsaturated/α-hetero) is 1. The Labute approximate surface area is 170 Å². The van der Waals surface area contributed by atoms with Crippen molar-refractivity contribution in [3.63, 3.8) is 0 Å². The first kappa shape index (κ1) is 24.8. The van der Waals surface area contributed by atoms with E-state index in [2.05, 4.69) is 11.7 Å². The van der Waals surface area contributed by atoms with Crippen LogP contribution in [0.3, 0.4) is 0 Å². The van der Waals surface area contributed by atoms with Crippen LogP contribution >= 0.6 is 0 Å². The van der Waals surface area contributed by atoms with Crippen molar-refractivity contribution in [2.45, 2.75) is 97.2 Å². The number of hydrogen-bond donors (Lipinski definition) is 2. The highest BCUT2D eigenvalue weighted by Crippen LogP contribution is 2.46. The molecule has 0 bridgehead atoms. The van der Waals surface area contributed by atoms with Crippen molar-refractivity contribution < 1.29 is 24.5 Å². The Morgan fingerprint density at radius 1 is 1.21 bits per heavy atom. The molecule has 28 heavy (non-hydrogen) atoms. The average Bonchev–Trinajstić information content (AvgIpc) is 2.82. The molecule has 0 aliphatic heterocycles. The van der Waals surface area contributed by atoms with E-state index in [0.717, 1.165) is 38.5 Å². The predicted octanol–water partition coefficient (Wildman–Crippen LogP) is 4.20. The van der Waals surface area contributed by atoms with Crippen LogP contribution in [0.15, 0.2) is 12.2 Å². The zero-order valence-corrected chi connectivity index (χ0v) is 18.2. The monoisotopic (exact) mass is 396 g/mol. The van der Waals surface area contributed by atoms with Crippen LogP contribution in [0, 0.1) is 17.3 Å². The maximum absolute atomic E-state index is 12.8. The Hall–Kier alpha value is -1.20. The van der Waals surface area contributed by atoms with Crippen LogP contribution in [0.5, 0.6) is 0 Å². The van der Waals surface area contributed by atoms with Gasteiger partial charge in [-0.05, 0) is 44.4 Å². The SMILES string of the molecule is CCCCC[C@H](O)CC[C@@H]1[C@@H](C/C=C\CCCC(=O)OC)C(=O)C(C)(C)[C@H]1O. The lowest BCUT2D eigenvalue weighted by Crippen LogP contribution is -2.32. The second-order valence-corrected chi connectivity index (χ2v) is 8.70. The third-order valence-electron chi connectivity index (χ3n) is 6.14. The van der Waals surface area contributed by atoms with E-state index in [1.807, 2.05) is 26.0 Å².